The standard InChI is InChI=1S/C16H26N2O/c1-4-16-11-18(7-8-19-16)15-6-5-14(10-13(3)17)12(2)9-15/h5-6,9,13,16H,4,7-8,10-11,17H2,1-3H3. The highest BCUT2D eigenvalue weighted by atomic mass is 16.5. The second-order valence-corrected chi connectivity index (χ2v) is 5.64. The van der Waals surface area contributed by atoms with Crippen molar-refractivity contribution in [2.24, 2.45) is 5.73 Å². The third kappa shape index (κ3) is 3.71. The summed E-state index contributed by atoms with van der Waals surface area (Å²) in [6.45, 7) is 9.25. The van der Waals surface area contributed by atoms with Gasteiger partial charge < -0.3 is 15.4 Å². The molecule has 0 spiro atoms. The van der Waals surface area contributed by atoms with Crippen LogP contribution in [0.4, 0.5) is 5.69 Å². The summed E-state index contributed by atoms with van der Waals surface area (Å²) in [5, 5.41) is 0. The molecule has 106 valence electrons. The lowest BCUT2D eigenvalue weighted by atomic mass is 10.0. The van der Waals surface area contributed by atoms with Gasteiger partial charge in [0, 0.05) is 24.8 Å². The van der Waals surface area contributed by atoms with Gasteiger partial charge in [-0.25, -0.2) is 0 Å². The van der Waals surface area contributed by atoms with Gasteiger partial charge in [0.05, 0.1) is 12.7 Å². The summed E-state index contributed by atoms with van der Waals surface area (Å²) < 4.78 is 5.73. The van der Waals surface area contributed by atoms with Crippen LogP contribution in [0.3, 0.4) is 0 Å². The van der Waals surface area contributed by atoms with E-state index >= 15 is 0 Å². The summed E-state index contributed by atoms with van der Waals surface area (Å²) in [5.41, 5.74) is 9.90. The normalized spacial score (nSPS) is 21.5. The summed E-state index contributed by atoms with van der Waals surface area (Å²) in [5.74, 6) is 0. The first kappa shape index (κ1) is 14.4. The molecular formula is C16H26N2O. The fraction of sp³-hybridized carbons (Fsp3) is 0.625. The molecule has 0 saturated carbocycles. The van der Waals surface area contributed by atoms with Crippen LogP contribution in [0, 0.1) is 6.92 Å². The highest BCUT2D eigenvalue weighted by Crippen LogP contribution is 2.22. The third-order valence-corrected chi connectivity index (χ3v) is 3.83. The minimum Gasteiger partial charge on any atom is -0.375 e. The van der Waals surface area contributed by atoms with E-state index in [0.29, 0.717) is 6.10 Å². The van der Waals surface area contributed by atoms with Crippen LogP contribution in [0.25, 0.3) is 0 Å². The van der Waals surface area contributed by atoms with Gasteiger partial charge in [-0.05, 0) is 49.9 Å². The van der Waals surface area contributed by atoms with Crippen molar-refractivity contribution in [1.82, 2.24) is 0 Å². The number of aryl methyl sites for hydroxylation is 1. The molecule has 0 aliphatic carbocycles. The summed E-state index contributed by atoms with van der Waals surface area (Å²) in [7, 11) is 0. The number of nitrogens with zero attached hydrogens (tertiary/aromatic N) is 1. The number of hydrogen-bond donors (Lipinski definition) is 1. The molecule has 2 rings (SSSR count). The molecule has 1 fully saturated rings. The molecule has 1 saturated heterocycles. The Bertz CT molecular complexity index is 417. The number of nitrogens with two attached hydrogens (primary N) is 1. The van der Waals surface area contributed by atoms with Crippen molar-refractivity contribution in [2.75, 3.05) is 24.6 Å². The molecule has 0 aromatic heterocycles. The van der Waals surface area contributed by atoms with Crippen molar-refractivity contribution in [3.05, 3.63) is 29.3 Å². The summed E-state index contributed by atoms with van der Waals surface area (Å²) in [6, 6.07) is 6.96. The Hall–Kier alpha value is -1.06. The minimum absolute atomic E-state index is 0.220. The van der Waals surface area contributed by atoms with E-state index in [1.54, 1.807) is 0 Å². The van der Waals surface area contributed by atoms with E-state index in [1.807, 2.05) is 0 Å². The molecule has 2 unspecified atom stereocenters. The van der Waals surface area contributed by atoms with Crippen molar-refractivity contribution in [2.45, 2.75) is 45.8 Å². The molecule has 1 heterocycles. The Labute approximate surface area is 116 Å². The second kappa shape index (κ2) is 6.40. The van der Waals surface area contributed by atoms with E-state index in [9.17, 15) is 0 Å². The molecule has 0 bridgehead atoms. The van der Waals surface area contributed by atoms with Gasteiger partial charge in [0.25, 0.3) is 0 Å². The van der Waals surface area contributed by atoms with Gasteiger partial charge in [-0.3, -0.25) is 0 Å². The van der Waals surface area contributed by atoms with Crippen molar-refractivity contribution >= 4 is 5.69 Å². The van der Waals surface area contributed by atoms with Gasteiger partial charge in [-0.1, -0.05) is 13.0 Å². The molecule has 3 heteroatoms. The number of anilines is 1. The first-order chi connectivity index (χ1) is 9.10. The molecule has 3 nitrogen and oxygen atoms in total. The lowest BCUT2D eigenvalue weighted by molar-refractivity contribution is 0.0384. The highest BCUT2D eigenvalue weighted by molar-refractivity contribution is 5.51. The van der Waals surface area contributed by atoms with Crippen LogP contribution in [-0.2, 0) is 11.2 Å². The molecular weight excluding hydrogens is 236 g/mol. The van der Waals surface area contributed by atoms with Crippen LogP contribution in [0.5, 0.6) is 0 Å². The topological polar surface area (TPSA) is 38.5 Å². The lowest BCUT2D eigenvalue weighted by Gasteiger charge is -2.34. The Morgan fingerprint density at radius 3 is 2.89 bits per heavy atom. The number of benzene rings is 1. The van der Waals surface area contributed by atoms with Gasteiger partial charge >= 0.3 is 0 Å². The monoisotopic (exact) mass is 262 g/mol. The molecule has 2 N–H and O–H groups in total. The zero-order valence-corrected chi connectivity index (χ0v) is 12.4. The molecule has 1 aliphatic heterocycles. The van der Waals surface area contributed by atoms with Crippen molar-refractivity contribution in [3.8, 4) is 0 Å². The smallest absolute Gasteiger partial charge is 0.0748 e. The van der Waals surface area contributed by atoms with E-state index in [4.69, 9.17) is 10.5 Å². The number of rotatable bonds is 4. The summed E-state index contributed by atoms with van der Waals surface area (Å²) in [6.07, 6.45) is 2.41. The predicted molar refractivity (Wildman–Crippen MR) is 80.8 cm³/mol. The Morgan fingerprint density at radius 1 is 1.47 bits per heavy atom. The van der Waals surface area contributed by atoms with E-state index in [0.717, 1.165) is 32.5 Å². The predicted octanol–water partition coefficient (Wildman–Crippen LogP) is 2.50. The maximum atomic E-state index is 5.88. The quantitative estimate of drug-likeness (QED) is 0.906. The van der Waals surface area contributed by atoms with Crippen LogP contribution < -0.4 is 10.6 Å². The van der Waals surface area contributed by atoms with Crippen LogP contribution in [0.2, 0.25) is 0 Å². The zero-order chi connectivity index (χ0) is 13.8. The minimum atomic E-state index is 0.220. The Kier molecular flexibility index (Phi) is 4.83. The van der Waals surface area contributed by atoms with E-state index < -0.39 is 0 Å². The Balaban J connectivity index is 2.10. The van der Waals surface area contributed by atoms with Crippen LogP contribution in [0.1, 0.15) is 31.4 Å². The van der Waals surface area contributed by atoms with Gasteiger partial charge in [-0.15, -0.1) is 0 Å². The van der Waals surface area contributed by atoms with Gasteiger partial charge in [-0.2, -0.15) is 0 Å². The summed E-state index contributed by atoms with van der Waals surface area (Å²) in [4.78, 5) is 2.43. The fourth-order valence-electron chi connectivity index (χ4n) is 2.65. The SMILES string of the molecule is CCC1CN(c2ccc(CC(C)N)c(C)c2)CCO1. The Morgan fingerprint density at radius 2 is 2.26 bits per heavy atom. The number of hydrogen-bond acceptors (Lipinski definition) is 3. The summed E-state index contributed by atoms with van der Waals surface area (Å²) >= 11 is 0. The molecule has 19 heavy (non-hydrogen) atoms. The van der Waals surface area contributed by atoms with Gasteiger partial charge in [0.1, 0.15) is 0 Å². The maximum absolute atomic E-state index is 5.88. The highest BCUT2D eigenvalue weighted by Gasteiger charge is 2.19. The van der Waals surface area contributed by atoms with Crippen LogP contribution >= 0.6 is 0 Å². The van der Waals surface area contributed by atoms with Crippen molar-refractivity contribution < 1.29 is 4.74 Å². The van der Waals surface area contributed by atoms with E-state index in [2.05, 4.69) is 43.9 Å². The molecule has 2 atom stereocenters. The number of morpholine rings is 1. The molecule has 0 amide bonds. The molecule has 1 aromatic carbocycles. The molecule has 0 radical (unpaired) electrons. The van der Waals surface area contributed by atoms with E-state index in [-0.39, 0.29) is 6.04 Å². The number of ether oxygens (including phenoxy) is 1. The van der Waals surface area contributed by atoms with Crippen molar-refractivity contribution in [1.29, 1.82) is 0 Å². The average Bonchev–Trinajstić information content (AvgIpc) is 2.40. The maximum Gasteiger partial charge on any atom is 0.0748 e. The largest absolute Gasteiger partial charge is 0.375 e. The van der Waals surface area contributed by atoms with Crippen LogP contribution in [0.15, 0.2) is 18.2 Å². The van der Waals surface area contributed by atoms with Crippen LogP contribution in [-0.4, -0.2) is 31.8 Å². The third-order valence-electron chi connectivity index (χ3n) is 3.83. The van der Waals surface area contributed by atoms with E-state index in [1.165, 1.54) is 16.8 Å². The van der Waals surface area contributed by atoms with Crippen molar-refractivity contribution in [3.63, 3.8) is 0 Å². The van der Waals surface area contributed by atoms with Gasteiger partial charge in [0.2, 0.25) is 0 Å². The molecule has 1 aromatic rings. The molecule has 1 aliphatic rings. The first-order valence-electron chi connectivity index (χ1n) is 7.31. The van der Waals surface area contributed by atoms with Gasteiger partial charge in [0.15, 0.2) is 0 Å². The average molecular weight is 262 g/mol. The first-order valence-corrected chi connectivity index (χ1v) is 7.31. The lowest BCUT2D eigenvalue weighted by Crippen LogP contribution is -2.42. The zero-order valence-electron chi connectivity index (χ0n) is 12.4. The fourth-order valence-corrected chi connectivity index (χ4v) is 2.65. The second-order valence-electron chi connectivity index (χ2n) is 5.64.